The number of piperidine rings is 1. The van der Waals surface area contributed by atoms with Gasteiger partial charge in [-0.3, -0.25) is 9.79 Å². The number of nitrogens with zero attached hydrogens (tertiary/aromatic N) is 4. The lowest BCUT2D eigenvalue weighted by molar-refractivity contribution is -0.117. The molecule has 0 spiro atoms. The van der Waals surface area contributed by atoms with Gasteiger partial charge < -0.3 is 15.3 Å². The number of alkyl halides is 2. The number of nitrogens with one attached hydrogen (secondary N) is 1. The van der Waals surface area contributed by atoms with E-state index in [0.29, 0.717) is 44.1 Å². The van der Waals surface area contributed by atoms with E-state index in [0.717, 1.165) is 6.07 Å². The second kappa shape index (κ2) is 8.72. The molecule has 1 atom stereocenters. The van der Waals surface area contributed by atoms with Crippen LogP contribution in [0.5, 0.6) is 0 Å². The van der Waals surface area contributed by atoms with Crippen molar-refractivity contribution in [2.24, 2.45) is 10.1 Å². The van der Waals surface area contributed by atoms with Gasteiger partial charge in [-0.1, -0.05) is 18.2 Å². The molecule has 0 aromatic heterocycles. The number of rotatable bonds is 4. The van der Waals surface area contributed by atoms with Gasteiger partial charge >= 0.3 is 0 Å². The van der Waals surface area contributed by atoms with Gasteiger partial charge in [0.05, 0.1) is 34.9 Å². The Balaban J connectivity index is 1.60. The van der Waals surface area contributed by atoms with Crippen LogP contribution in [0.4, 0.5) is 13.2 Å². The Kier molecular flexibility index (Phi) is 6.22. The number of hydrogen-bond acceptors (Lipinski definition) is 6. The van der Waals surface area contributed by atoms with Gasteiger partial charge in [-0.15, -0.1) is 0 Å². The second-order valence-electron chi connectivity index (χ2n) is 10.1. The Bertz CT molecular complexity index is 1070. The molecular weight excluding hydrogens is 447 g/mol. The van der Waals surface area contributed by atoms with Crippen molar-refractivity contribution in [1.29, 1.82) is 0 Å². The van der Waals surface area contributed by atoms with Gasteiger partial charge in [-0.25, -0.2) is 18.2 Å². The molecule has 7 nitrogen and oxygen atoms in total. The normalized spacial score (nSPS) is 22.1. The first-order valence-corrected chi connectivity index (χ1v) is 11.4. The number of aliphatic hydroxyl groups is 1. The quantitative estimate of drug-likeness (QED) is 0.695. The molecule has 4 rings (SSSR count). The number of amidine groups is 2. The van der Waals surface area contributed by atoms with Crippen LogP contribution in [0.15, 0.2) is 39.9 Å². The number of halogens is 3. The van der Waals surface area contributed by atoms with Gasteiger partial charge in [-0.2, -0.15) is 5.10 Å². The van der Waals surface area contributed by atoms with Crippen LogP contribution in [0.3, 0.4) is 0 Å². The van der Waals surface area contributed by atoms with Crippen molar-refractivity contribution in [3.05, 3.63) is 46.8 Å². The first-order chi connectivity index (χ1) is 15.9. The highest BCUT2D eigenvalue weighted by Gasteiger charge is 2.39. The van der Waals surface area contributed by atoms with Gasteiger partial charge in [0, 0.05) is 18.7 Å². The summed E-state index contributed by atoms with van der Waals surface area (Å²) in [6, 6.07) is 2.93. The number of benzene rings is 1. The van der Waals surface area contributed by atoms with Crippen LogP contribution < -0.4 is 5.32 Å². The number of amides is 1. The van der Waals surface area contributed by atoms with Crippen molar-refractivity contribution in [3.8, 4) is 0 Å². The molecule has 1 aromatic carbocycles. The fourth-order valence-electron chi connectivity index (χ4n) is 4.41. The topological polar surface area (TPSA) is 80.5 Å². The molecule has 2 N–H and O–H groups in total. The zero-order valence-electron chi connectivity index (χ0n) is 19.8. The van der Waals surface area contributed by atoms with E-state index < -0.39 is 40.9 Å². The molecule has 3 heterocycles. The minimum absolute atomic E-state index is 0.0136. The molecule has 0 radical (unpaired) electrons. The molecule has 0 bridgehead atoms. The standard InChI is InChI=1S/C24H30F3N5O2/c1-14(15-6-5-7-16(19(15)25)20(26)27)28-22(33)17-12-18(31-10-8-24(4,34)9-11-31)30-32-13-23(2,3)29-21(17)32/h5-7,12,14,20,34H,8-11,13H2,1-4H3,(H,28,33)/t14-/m1/s1. The number of carbonyl (C=O) groups excluding carboxylic acids is 1. The Morgan fingerprint density at radius 2 is 1.82 bits per heavy atom. The molecule has 1 fully saturated rings. The van der Waals surface area contributed by atoms with Crippen molar-refractivity contribution in [2.75, 3.05) is 19.6 Å². The average Bonchev–Trinajstić information content (AvgIpc) is 3.06. The van der Waals surface area contributed by atoms with Crippen molar-refractivity contribution in [2.45, 2.75) is 64.1 Å². The van der Waals surface area contributed by atoms with E-state index in [-0.39, 0.29) is 11.1 Å². The van der Waals surface area contributed by atoms with Crippen molar-refractivity contribution < 1.29 is 23.1 Å². The molecule has 1 amide bonds. The summed E-state index contributed by atoms with van der Waals surface area (Å²) in [4.78, 5) is 20.0. The van der Waals surface area contributed by atoms with E-state index in [1.807, 2.05) is 18.7 Å². The largest absolute Gasteiger partial charge is 0.390 e. The van der Waals surface area contributed by atoms with E-state index in [2.05, 4.69) is 15.4 Å². The smallest absolute Gasteiger partial charge is 0.266 e. The monoisotopic (exact) mass is 477 g/mol. The first-order valence-electron chi connectivity index (χ1n) is 11.4. The Labute approximate surface area is 197 Å². The first kappa shape index (κ1) is 24.3. The second-order valence-corrected chi connectivity index (χ2v) is 10.1. The van der Waals surface area contributed by atoms with Crippen LogP contribution in [-0.2, 0) is 4.79 Å². The number of hydrazone groups is 1. The molecule has 3 aliphatic heterocycles. The minimum atomic E-state index is -2.95. The summed E-state index contributed by atoms with van der Waals surface area (Å²) in [7, 11) is 0. The van der Waals surface area contributed by atoms with Gasteiger partial charge in [0.1, 0.15) is 11.7 Å². The molecule has 0 saturated carbocycles. The van der Waals surface area contributed by atoms with Crippen LogP contribution in [0.25, 0.3) is 0 Å². The minimum Gasteiger partial charge on any atom is -0.390 e. The van der Waals surface area contributed by atoms with Crippen LogP contribution >= 0.6 is 0 Å². The Morgan fingerprint density at radius 1 is 1.18 bits per heavy atom. The van der Waals surface area contributed by atoms with Crippen LogP contribution in [0.2, 0.25) is 0 Å². The Hall–Kier alpha value is -2.88. The van der Waals surface area contributed by atoms with E-state index in [9.17, 15) is 23.1 Å². The van der Waals surface area contributed by atoms with Gasteiger partial charge in [0.25, 0.3) is 12.3 Å². The van der Waals surface area contributed by atoms with Crippen LogP contribution in [-0.4, -0.2) is 63.4 Å². The number of fused-ring (bicyclic) bond motifs is 1. The molecule has 3 aliphatic rings. The third-order valence-corrected chi connectivity index (χ3v) is 6.44. The fourth-order valence-corrected chi connectivity index (χ4v) is 4.41. The molecule has 0 unspecified atom stereocenters. The Morgan fingerprint density at radius 3 is 2.47 bits per heavy atom. The van der Waals surface area contributed by atoms with E-state index in [1.165, 1.54) is 12.1 Å². The van der Waals surface area contributed by atoms with Gasteiger partial charge in [-0.05, 0) is 46.6 Å². The van der Waals surface area contributed by atoms with Crippen molar-refractivity contribution in [1.82, 2.24) is 15.2 Å². The maximum absolute atomic E-state index is 14.6. The van der Waals surface area contributed by atoms with E-state index in [1.54, 1.807) is 24.9 Å². The molecule has 0 aliphatic carbocycles. The zero-order valence-corrected chi connectivity index (χ0v) is 19.8. The summed E-state index contributed by atoms with van der Waals surface area (Å²) in [5.41, 5.74) is -1.61. The lowest BCUT2D eigenvalue weighted by Gasteiger charge is -2.38. The number of likely N-dealkylation sites (tertiary alicyclic amines) is 1. The summed E-state index contributed by atoms with van der Waals surface area (Å²) in [5, 5.41) is 19.4. The zero-order chi connectivity index (χ0) is 24.8. The summed E-state index contributed by atoms with van der Waals surface area (Å²) in [6.45, 7) is 8.90. The molecule has 1 aromatic rings. The van der Waals surface area contributed by atoms with Crippen LogP contribution in [0.1, 0.15) is 64.1 Å². The number of aliphatic imine (C=N–C) groups is 1. The van der Waals surface area contributed by atoms with Gasteiger partial charge in [0.2, 0.25) is 0 Å². The highest BCUT2D eigenvalue weighted by molar-refractivity contribution is 6.25. The third kappa shape index (κ3) is 4.82. The highest BCUT2D eigenvalue weighted by atomic mass is 19.3. The summed E-state index contributed by atoms with van der Waals surface area (Å²) >= 11 is 0. The van der Waals surface area contributed by atoms with Crippen molar-refractivity contribution in [3.63, 3.8) is 0 Å². The van der Waals surface area contributed by atoms with Crippen molar-refractivity contribution >= 4 is 17.6 Å². The highest BCUT2D eigenvalue weighted by Crippen LogP contribution is 2.30. The lowest BCUT2D eigenvalue weighted by atomic mass is 9.93. The average molecular weight is 478 g/mol. The van der Waals surface area contributed by atoms with Gasteiger partial charge in [0.15, 0.2) is 5.84 Å². The number of hydrogen-bond donors (Lipinski definition) is 2. The predicted octanol–water partition coefficient (Wildman–Crippen LogP) is 3.53. The maximum atomic E-state index is 14.6. The summed E-state index contributed by atoms with van der Waals surface area (Å²) < 4.78 is 40.9. The van der Waals surface area contributed by atoms with E-state index in [4.69, 9.17) is 0 Å². The third-order valence-electron chi connectivity index (χ3n) is 6.44. The fraction of sp³-hybridized carbons (Fsp3) is 0.542. The molecular formula is C24H30F3N5O2. The molecule has 10 heteroatoms. The molecule has 1 saturated heterocycles. The maximum Gasteiger partial charge on any atom is 0.266 e. The molecule has 184 valence electrons. The van der Waals surface area contributed by atoms with E-state index >= 15 is 0 Å². The lowest BCUT2D eigenvalue weighted by Crippen LogP contribution is -2.47. The SMILES string of the molecule is C[C@@H](NC(=O)C1=CC(N2CCC(C)(O)CC2)=NN2CC(C)(C)N=C12)c1cccc(C(F)F)c1F. The summed E-state index contributed by atoms with van der Waals surface area (Å²) in [5.74, 6) is -0.501. The molecule has 34 heavy (non-hydrogen) atoms. The summed E-state index contributed by atoms with van der Waals surface area (Å²) in [6.07, 6.45) is -0.142. The number of carbonyl (C=O) groups is 1. The predicted molar refractivity (Wildman–Crippen MR) is 123 cm³/mol. The van der Waals surface area contributed by atoms with Crippen LogP contribution in [0, 0.1) is 5.82 Å².